The van der Waals surface area contributed by atoms with E-state index in [1.165, 1.54) is 29.5 Å². The van der Waals surface area contributed by atoms with Gasteiger partial charge in [-0.3, -0.25) is 0 Å². The average Bonchev–Trinajstić information content (AvgIpc) is 2.45. The van der Waals surface area contributed by atoms with Crippen LogP contribution in [0.15, 0.2) is 48.5 Å². The highest BCUT2D eigenvalue weighted by Crippen LogP contribution is 2.24. The lowest BCUT2D eigenvalue weighted by Crippen LogP contribution is -1.87. The van der Waals surface area contributed by atoms with Gasteiger partial charge in [-0.25, -0.2) is 0 Å². The lowest BCUT2D eigenvalue weighted by atomic mass is 10.0. The van der Waals surface area contributed by atoms with Gasteiger partial charge in [0.1, 0.15) is 5.75 Å². The molecule has 1 heteroatoms. The molecule has 0 fully saturated rings. The van der Waals surface area contributed by atoms with Gasteiger partial charge in [-0.2, -0.15) is 0 Å². The maximum atomic E-state index is 5.27. The molecule has 2 aromatic carbocycles. The Morgan fingerprint density at radius 1 is 0.944 bits per heavy atom. The lowest BCUT2D eigenvalue weighted by molar-refractivity contribution is 0.415. The van der Waals surface area contributed by atoms with E-state index in [1.54, 1.807) is 7.11 Å². The number of hydrogen-bond acceptors (Lipinski definition) is 1. The fraction of sp³-hybridized carbons (Fsp3) is 0.294. The van der Waals surface area contributed by atoms with Gasteiger partial charge in [0.25, 0.3) is 0 Å². The van der Waals surface area contributed by atoms with Gasteiger partial charge >= 0.3 is 0 Å². The van der Waals surface area contributed by atoms with Crippen LogP contribution in [0.3, 0.4) is 0 Å². The number of hydrogen-bond donors (Lipinski definition) is 0. The molecule has 0 heterocycles. The number of methoxy groups -OCH3 is 1. The maximum Gasteiger partial charge on any atom is 0.119 e. The third kappa shape index (κ3) is 3.13. The van der Waals surface area contributed by atoms with Crippen LogP contribution in [0.1, 0.15) is 25.3 Å². The number of unbranched alkanes of at least 4 members (excludes halogenated alkanes) is 1. The summed E-state index contributed by atoms with van der Waals surface area (Å²) in [5.74, 6) is 0.909. The van der Waals surface area contributed by atoms with Crippen LogP contribution in [0, 0.1) is 0 Å². The number of rotatable bonds is 5. The molecule has 0 aliphatic heterocycles. The fourth-order valence-electron chi connectivity index (χ4n) is 2.09. The molecule has 0 atom stereocenters. The summed E-state index contributed by atoms with van der Waals surface area (Å²) in [6.07, 6.45) is 3.65. The van der Waals surface area contributed by atoms with E-state index >= 15 is 0 Å². The molecule has 0 radical (unpaired) electrons. The summed E-state index contributed by atoms with van der Waals surface area (Å²) in [4.78, 5) is 0. The second-order valence-corrected chi connectivity index (χ2v) is 4.54. The van der Waals surface area contributed by atoms with E-state index in [9.17, 15) is 0 Å². The molecule has 0 aliphatic carbocycles. The van der Waals surface area contributed by atoms with Crippen molar-refractivity contribution < 1.29 is 4.74 Å². The van der Waals surface area contributed by atoms with Gasteiger partial charge in [-0.05, 0) is 41.7 Å². The van der Waals surface area contributed by atoms with Crippen molar-refractivity contribution >= 4 is 0 Å². The second kappa shape index (κ2) is 6.25. The molecule has 0 unspecified atom stereocenters. The topological polar surface area (TPSA) is 9.23 Å². The monoisotopic (exact) mass is 240 g/mol. The van der Waals surface area contributed by atoms with Gasteiger partial charge < -0.3 is 4.74 Å². The summed E-state index contributed by atoms with van der Waals surface area (Å²) in [6.45, 7) is 2.23. The predicted molar refractivity (Wildman–Crippen MR) is 77.0 cm³/mol. The van der Waals surface area contributed by atoms with Crippen LogP contribution >= 0.6 is 0 Å². The Balaban J connectivity index is 2.26. The molecule has 0 saturated heterocycles. The zero-order valence-electron chi connectivity index (χ0n) is 11.1. The second-order valence-electron chi connectivity index (χ2n) is 4.54. The first-order valence-corrected chi connectivity index (χ1v) is 6.57. The van der Waals surface area contributed by atoms with Gasteiger partial charge in [0.05, 0.1) is 7.11 Å². The smallest absolute Gasteiger partial charge is 0.119 e. The fourth-order valence-corrected chi connectivity index (χ4v) is 2.09. The van der Waals surface area contributed by atoms with Crippen molar-refractivity contribution in [1.82, 2.24) is 0 Å². The molecule has 0 spiro atoms. The largest absolute Gasteiger partial charge is 0.497 e. The molecule has 0 aromatic heterocycles. The Kier molecular flexibility index (Phi) is 4.40. The Hall–Kier alpha value is -1.76. The van der Waals surface area contributed by atoms with Crippen molar-refractivity contribution in [3.8, 4) is 16.9 Å². The van der Waals surface area contributed by atoms with Crippen LogP contribution in [0.4, 0.5) is 0 Å². The first-order valence-electron chi connectivity index (χ1n) is 6.57. The van der Waals surface area contributed by atoms with Gasteiger partial charge in [0.2, 0.25) is 0 Å². The summed E-state index contributed by atoms with van der Waals surface area (Å²) in [5.41, 5.74) is 3.90. The molecule has 94 valence electrons. The number of ether oxygens (including phenoxy) is 1. The van der Waals surface area contributed by atoms with Crippen LogP contribution in [0.25, 0.3) is 11.1 Å². The Morgan fingerprint density at radius 2 is 1.67 bits per heavy atom. The summed E-state index contributed by atoms with van der Waals surface area (Å²) in [5, 5.41) is 0. The van der Waals surface area contributed by atoms with Crippen LogP contribution in [-0.2, 0) is 6.42 Å². The first-order chi connectivity index (χ1) is 8.83. The highest BCUT2D eigenvalue weighted by Gasteiger charge is 2.01. The molecule has 2 aromatic rings. The minimum atomic E-state index is 0.909. The van der Waals surface area contributed by atoms with Crippen LogP contribution < -0.4 is 4.74 Å². The van der Waals surface area contributed by atoms with E-state index in [0.29, 0.717) is 0 Å². The number of benzene rings is 2. The van der Waals surface area contributed by atoms with Crippen LogP contribution in [-0.4, -0.2) is 7.11 Å². The molecule has 0 aliphatic rings. The highest BCUT2D eigenvalue weighted by molar-refractivity contribution is 5.65. The molecule has 2 rings (SSSR count). The third-order valence-corrected chi connectivity index (χ3v) is 3.15. The Bertz CT molecular complexity index is 502. The van der Waals surface area contributed by atoms with Gasteiger partial charge in [-0.15, -0.1) is 0 Å². The zero-order chi connectivity index (χ0) is 12.8. The van der Waals surface area contributed by atoms with E-state index in [-0.39, 0.29) is 0 Å². The molecule has 0 saturated carbocycles. The minimum Gasteiger partial charge on any atom is -0.497 e. The molecule has 0 N–H and O–H groups in total. The molecular weight excluding hydrogens is 220 g/mol. The SMILES string of the molecule is CCCCc1cccc(-c2cccc(OC)c2)c1. The normalized spacial score (nSPS) is 10.3. The molecule has 18 heavy (non-hydrogen) atoms. The van der Waals surface area contributed by atoms with Crippen molar-refractivity contribution in [1.29, 1.82) is 0 Å². The van der Waals surface area contributed by atoms with Gasteiger partial charge in [0, 0.05) is 0 Å². The zero-order valence-corrected chi connectivity index (χ0v) is 11.1. The van der Waals surface area contributed by atoms with Crippen LogP contribution in [0.2, 0.25) is 0 Å². The van der Waals surface area contributed by atoms with E-state index in [0.717, 1.165) is 12.2 Å². The van der Waals surface area contributed by atoms with Crippen molar-refractivity contribution in [2.45, 2.75) is 26.2 Å². The molecular formula is C17H20O. The lowest BCUT2D eigenvalue weighted by Gasteiger charge is -2.07. The molecule has 0 amide bonds. The first kappa shape index (κ1) is 12.7. The quantitative estimate of drug-likeness (QED) is 0.735. The summed E-state index contributed by atoms with van der Waals surface area (Å²) < 4.78 is 5.27. The van der Waals surface area contributed by atoms with E-state index in [1.807, 2.05) is 12.1 Å². The molecule has 1 nitrogen and oxygen atoms in total. The minimum absolute atomic E-state index is 0.909. The average molecular weight is 240 g/mol. The van der Waals surface area contributed by atoms with Crippen molar-refractivity contribution in [2.24, 2.45) is 0 Å². The third-order valence-electron chi connectivity index (χ3n) is 3.15. The summed E-state index contributed by atoms with van der Waals surface area (Å²) in [7, 11) is 1.71. The van der Waals surface area contributed by atoms with Crippen molar-refractivity contribution in [3.63, 3.8) is 0 Å². The molecule has 0 bridgehead atoms. The van der Waals surface area contributed by atoms with E-state index in [4.69, 9.17) is 4.74 Å². The van der Waals surface area contributed by atoms with Crippen molar-refractivity contribution in [3.05, 3.63) is 54.1 Å². The summed E-state index contributed by atoms with van der Waals surface area (Å²) >= 11 is 0. The van der Waals surface area contributed by atoms with E-state index < -0.39 is 0 Å². The van der Waals surface area contributed by atoms with Crippen molar-refractivity contribution in [2.75, 3.05) is 7.11 Å². The number of aryl methyl sites for hydroxylation is 1. The summed E-state index contributed by atoms with van der Waals surface area (Å²) in [6, 6.07) is 17.0. The maximum absolute atomic E-state index is 5.27. The Labute approximate surface area is 109 Å². The van der Waals surface area contributed by atoms with Crippen LogP contribution in [0.5, 0.6) is 5.75 Å². The van der Waals surface area contributed by atoms with Gasteiger partial charge in [0.15, 0.2) is 0 Å². The Morgan fingerprint density at radius 3 is 2.39 bits per heavy atom. The standard InChI is InChI=1S/C17H20O/c1-3-4-7-14-8-5-9-15(12-14)16-10-6-11-17(13-16)18-2/h5-6,8-13H,3-4,7H2,1-2H3. The van der Waals surface area contributed by atoms with Gasteiger partial charge in [-0.1, -0.05) is 49.7 Å². The van der Waals surface area contributed by atoms with E-state index in [2.05, 4.69) is 43.3 Å². The predicted octanol–water partition coefficient (Wildman–Crippen LogP) is 4.70. The highest BCUT2D eigenvalue weighted by atomic mass is 16.5.